The number of carbonyl (C=O) groups excluding carboxylic acids is 2. The summed E-state index contributed by atoms with van der Waals surface area (Å²) in [4.78, 5) is 27.6. The molecule has 3 aliphatic rings. The van der Waals surface area contributed by atoms with Crippen LogP contribution in [0.25, 0.3) is 0 Å². The summed E-state index contributed by atoms with van der Waals surface area (Å²) in [6, 6.07) is 19.6. The van der Waals surface area contributed by atoms with Gasteiger partial charge in [-0.05, 0) is 6.42 Å². The highest BCUT2D eigenvalue weighted by atomic mass is 16.7. The molecule has 0 aromatic heterocycles. The van der Waals surface area contributed by atoms with Gasteiger partial charge in [-0.2, -0.15) is 0 Å². The molecule has 2 atom stereocenters. The molecule has 2 aromatic rings. The number of ether oxygens (including phenoxy) is 3. The van der Waals surface area contributed by atoms with E-state index >= 15 is 0 Å². The maximum Gasteiger partial charge on any atom is 0.510 e. The Morgan fingerprint density at radius 3 is 1.88 bits per heavy atom. The average Bonchev–Trinajstić information content (AvgIpc) is 3.54. The molecule has 0 radical (unpaired) electrons. The maximum absolute atomic E-state index is 14.4. The highest BCUT2D eigenvalue weighted by molar-refractivity contribution is 5.88. The van der Waals surface area contributed by atoms with Crippen LogP contribution in [0.4, 0.5) is 4.79 Å². The molecule has 3 aliphatic heterocycles. The predicted octanol–water partition coefficient (Wildman–Crippen LogP) is 7.68. The van der Waals surface area contributed by atoms with Gasteiger partial charge in [-0.15, -0.1) is 0 Å². The molecule has 1 spiro atoms. The zero-order valence-electron chi connectivity index (χ0n) is 24.8. The molecule has 0 aliphatic carbocycles. The van der Waals surface area contributed by atoms with Crippen molar-refractivity contribution in [1.29, 1.82) is 0 Å². The molecule has 2 unspecified atom stereocenters. The van der Waals surface area contributed by atoms with Crippen molar-refractivity contribution in [2.45, 2.75) is 114 Å². The van der Waals surface area contributed by atoms with Gasteiger partial charge < -0.3 is 18.7 Å². The van der Waals surface area contributed by atoms with Crippen molar-refractivity contribution in [2.24, 2.45) is 0 Å². The van der Waals surface area contributed by atoms with Crippen LogP contribution >= 0.6 is 0 Å². The fourth-order valence-corrected chi connectivity index (χ4v) is 7.82. The van der Waals surface area contributed by atoms with E-state index < -0.39 is 17.7 Å². The van der Waals surface area contributed by atoms with Gasteiger partial charge in [0.25, 0.3) is 5.60 Å². The first kappa shape index (κ1) is 29.6. The Morgan fingerprint density at radius 2 is 1.32 bits per heavy atom. The molecule has 222 valence electrons. The van der Waals surface area contributed by atoms with E-state index in [1.165, 1.54) is 68.9 Å². The summed E-state index contributed by atoms with van der Waals surface area (Å²) in [5, 5.41) is 0. The Balaban J connectivity index is 1.32. The van der Waals surface area contributed by atoms with Gasteiger partial charge in [0.2, 0.25) is 0 Å². The van der Waals surface area contributed by atoms with Crippen LogP contribution in [-0.4, -0.2) is 54.5 Å². The second kappa shape index (κ2) is 13.9. The van der Waals surface area contributed by atoms with Crippen LogP contribution < -0.4 is 0 Å². The van der Waals surface area contributed by atoms with E-state index in [1.54, 1.807) is 0 Å². The van der Waals surface area contributed by atoms with Crippen LogP contribution in [0.15, 0.2) is 60.7 Å². The molecular formula is C35H48NO5+. The minimum Gasteiger partial charge on any atom is -0.458 e. The van der Waals surface area contributed by atoms with E-state index in [-0.39, 0.29) is 12.7 Å². The highest BCUT2D eigenvalue weighted by Gasteiger charge is 2.57. The van der Waals surface area contributed by atoms with Gasteiger partial charge in [0.15, 0.2) is 0 Å². The molecule has 0 saturated carbocycles. The Hall–Kier alpha value is -2.86. The summed E-state index contributed by atoms with van der Waals surface area (Å²) in [7, 11) is 0. The van der Waals surface area contributed by atoms with E-state index in [1.807, 2.05) is 60.7 Å². The van der Waals surface area contributed by atoms with Crippen molar-refractivity contribution in [3.8, 4) is 0 Å². The second-order valence-corrected chi connectivity index (χ2v) is 12.4. The summed E-state index contributed by atoms with van der Waals surface area (Å²) < 4.78 is 19.2. The minimum atomic E-state index is -1.74. The quantitative estimate of drug-likeness (QED) is 0.142. The zero-order valence-corrected chi connectivity index (χ0v) is 24.8. The molecule has 3 fully saturated rings. The topological polar surface area (TPSA) is 61.8 Å². The summed E-state index contributed by atoms with van der Waals surface area (Å²) in [6.07, 6.45) is 13.6. The molecule has 0 amide bonds. The molecule has 2 aromatic carbocycles. The Labute approximate surface area is 245 Å². The molecule has 2 bridgehead atoms. The Kier molecular flexibility index (Phi) is 10.0. The molecule has 41 heavy (non-hydrogen) atoms. The lowest BCUT2D eigenvalue weighted by Gasteiger charge is -2.47. The van der Waals surface area contributed by atoms with Gasteiger partial charge in [-0.3, -0.25) is 0 Å². The third-order valence-corrected chi connectivity index (χ3v) is 9.88. The molecular weight excluding hydrogens is 514 g/mol. The van der Waals surface area contributed by atoms with Crippen molar-refractivity contribution in [1.82, 2.24) is 0 Å². The van der Waals surface area contributed by atoms with Crippen LogP contribution in [0.1, 0.15) is 102 Å². The normalized spacial score (nSPS) is 22.9. The van der Waals surface area contributed by atoms with E-state index in [0.29, 0.717) is 23.2 Å². The van der Waals surface area contributed by atoms with E-state index in [4.69, 9.17) is 14.2 Å². The lowest BCUT2D eigenvalue weighted by atomic mass is 9.85. The van der Waals surface area contributed by atoms with E-state index in [9.17, 15) is 9.59 Å². The number of piperidine rings is 1. The first-order valence-electron chi connectivity index (χ1n) is 16.1. The summed E-state index contributed by atoms with van der Waals surface area (Å²) in [5.74, 6) is -0.540. The number of rotatable bonds is 13. The molecule has 3 saturated heterocycles. The second-order valence-electron chi connectivity index (χ2n) is 12.4. The third-order valence-electron chi connectivity index (χ3n) is 9.88. The Morgan fingerprint density at radius 1 is 0.780 bits per heavy atom. The number of nitrogens with zero attached hydrogens (tertiary/aromatic N) is 1. The number of hydrogen-bond donors (Lipinski definition) is 0. The van der Waals surface area contributed by atoms with Crippen LogP contribution in [0.2, 0.25) is 0 Å². The zero-order chi connectivity index (χ0) is 28.5. The van der Waals surface area contributed by atoms with Crippen LogP contribution in [0, 0.1) is 0 Å². The fourth-order valence-electron chi connectivity index (χ4n) is 7.82. The average molecular weight is 563 g/mol. The molecule has 6 nitrogen and oxygen atoms in total. The predicted molar refractivity (Wildman–Crippen MR) is 159 cm³/mol. The molecule has 0 N–H and O–H groups in total. The van der Waals surface area contributed by atoms with Crippen LogP contribution in [-0.2, 0) is 24.6 Å². The van der Waals surface area contributed by atoms with Gasteiger partial charge >= 0.3 is 12.1 Å². The van der Waals surface area contributed by atoms with Crippen LogP contribution in [0.3, 0.4) is 0 Å². The number of unbranched alkanes of at least 4 members (excludes halogenated alkanes) is 6. The molecule has 3 heterocycles. The lowest BCUT2D eigenvalue weighted by Crippen LogP contribution is -2.60. The summed E-state index contributed by atoms with van der Waals surface area (Å²) >= 11 is 0. The van der Waals surface area contributed by atoms with Crippen molar-refractivity contribution >= 4 is 12.1 Å². The van der Waals surface area contributed by atoms with Gasteiger partial charge in [-0.25, -0.2) is 9.59 Å². The van der Waals surface area contributed by atoms with Gasteiger partial charge in [-0.1, -0.05) is 106 Å². The first-order valence-corrected chi connectivity index (χ1v) is 16.1. The first-order chi connectivity index (χ1) is 20.1. The van der Waals surface area contributed by atoms with Crippen molar-refractivity contribution in [3.63, 3.8) is 0 Å². The number of esters is 1. The standard InChI is InChI=1S/C35H48NO5/c1-2-3-4-5-6-7-16-25-39-34(38)41-35(28-17-10-8-11-18-28,29-19-12-9-13-20-29)33(37)40-32-26-30-21-22-31(27-32)36(30)23-14-15-24-36/h8-13,17-20,30-32H,2-7,14-16,21-27H2,1H3/q+1. The van der Waals surface area contributed by atoms with E-state index in [0.717, 1.165) is 32.1 Å². The SMILES string of the molecule is CCCCCCCCCOC(=O)OC(C(=O)OC1CC2CCC(C1)[N+]21CCCC1)(c1ccccc1)c1ccccc1. The van der Waals surface area contributed by atoms with Gasteiger partial charge in [0, 0.05) is 49.7 Å². The van der Waals surface area contributed by atoms with Crippen LogP contribution in [0.5, 0.6) is 0 Å². The van der Waals surface area contributed by atoms with Crippen molar-refractivity contribution < 1.29 is 28.3 Å². The number of hydrogen-bond acceptors (Lipinski definition) is 5. The maximum atomic E-state index is 14.4. The van der Waals surface area contributed by atoms with Crippen molar-refractivity contribution in [3.05, 3.63) is 71.8 Å². The largest absolute Gasteiger partial charge is 0.510 e. The fraction of sp³-hybridized carbons (Fsp3) is 0.600. The lowest BCUT2D eigenvalue weighted by molar-refractivity contribution is -0.956. The molecule has 5 rings (SSSR count). The monoisotopic (exact) mass is 562 g/mol. The van der Waals surface area contributed by atoms with Gasteiger partial charge in [0.1, 0.15) is 6.10 Å². The summed E-state index contributed by atoms with van der Waals surface area (Å²) in [5.41, 5.74) is -0.618. The summed E-state index contributed by atoms with van der Waals surface area (Å²) in [6.45, 7) is 5.01. The van der Waals surface area contributed by atoms with Gasteiger partial charge in [0.05, 0.1) is 31.8 Å². The molecule has 6 heteroatoms. The third kappa shape index (κ3) is 6.48. The highest BCUT2D eigenvalue weighted by Crippen LogP contribution is 2.47. The van der Waals surface area contributed by atoms with Crippen molar-refractivity contribution in [2.75, 3.05) is 19.7 Å². The van der Waals surface area contributed by atoms with E-state index in [2.05, 4.69) is 6.92 Å². The number of carbonyl (C=O) groups is 2. The smallest absolute Gasteiger partial charge is 0.458 e. The number of quaternary nitrogens is 1. The Bertz CT molecular complexity index is 1060. The number of benzene rings is 2. The minimum absolute atomic E-state index is 0.177.